The van der Waals surface area contributed by atoms with Crippen LogP contribution in [0.4, 0.5) is 0 Å². The van der Waals surface area contributed by atoms with Gasteiger partial charge in [0.1, 0.15) is 0 Å². The zero-order chi connectivity index (χ0) is 19.8. The van der Waals surface area contributed by atoms with Crippen LogP contribution in [-0.4, -0.2) is 63.1 Å². The van der Waals surface area contributed by atoms with Crippen LogP contribution in [0.2, 0.25) is 0 Å². The van der Waals surface area contributed by atoms with Crippen LogP contribution < -0.4 is 20.1 Å². The molecule has 1 fully saturated rings. The van der Waals surface area contributed by atoms with Gasteiger partial charge in [0, 0.05) is 32.2 Å². The third-order valence-corrected chi connectivity index (χ3v) is 5.01. The first kappa shape index (κ1) is 20.7. The summed E-state index contributed by atoms with van der Waals surface area (Å²) in [6, 6.07) is 6.48. The number of nitrogens with zero attached hydrogens (tertiary/aromatic N) is 2. The Morgan fingerprint density at radius 2 is 1.93 bits per heavy atom. The van der Waals surface area contributed by atoms with Gasteiger partial charge in [-0.15, -0.1) is 0 Å². The summed E-state index contributed by atoms with van der Waals surface area (Å²) in [5, 5.41) is 6.90. The Hall–Kier alpha value is -1.99. The van der Waals surface area contributed by atoms with Crippen molar-refractivity contribution in [3.8, 4) is 11.5 Å². The van der Waals surface area contributed by atoms with Crippen molar-refractivity contribution in [2.24, 2.45) is 10.9 Å². The zero-order valence-corrected chi connectivity index (χ0v) is 17.4. The molecule has 2 heterocycles. The van der Waals surface area contributed by atoms with Gasteiger partial charge in [-0.1, -0.05) is 19.9 Å². The van der Waals surface area contributed by atoms with E-state index in [2.05, 4.69) is 36.3 Å². The maximum Gasteiger partial charge on any atom is 0.231 e. The number of hydrogen-bond acceptors (Lipinski definition) is 5. The van der Waals surface area contributed by atoms with Crippen molar-refractivity contribution in [3.05, 3.63) is 23.8 Å². The van der Waals surface area contributed by atoms with Crippen LogP contribution >= 0.6 is 0 Å². The monoisotopic (exact) mass is 390 g/mol. The summed E-state index contributed by atoms with van der Waals surface area (Å²) in [7, 11) is 0. The normalized spacial score (nSPS) is 18.4. The van der Waals surface area contributed by atoms with Crippen LogP contribution in [0, 0.1) is 5.92 Å². The molecule has 2 aliphatic rings. The second-order valence-corrected chi connectivity index (χ2v) is 7.70. The summed E-state index contributed by atoms with van der Waals surface area (Å²) in [6.45, 7) is 12.9. The van der Waals surface area contributed by atoms with Crippen molar-refractivity contribution >= 4 is 5.96 Å². The lowest BCUT2D eigenvalue weighted by Gasteiger charge is -2.35. The van der Waals surface area contributed by atoms with E-state index in [1.807, 2.05) is 18.2 Å². The fourth-order valence-electron chi connectivity index (χ4n) is 3.61. The summed E-state index contributed by atoms with van der Waals surface area (Å²) in [5.74, 6) is 3.11. The van der Waals surface area contributed by atoms with Crippen LogP contribution in [0.15, 0.2) is 23.2 Å². The Labute approximate surface area is 168 Å². The van der Waals surface area contributed by atoms with Crippen LogP contribution in [0.1, 0.15) is 32.8 Å². The van der Waals surface area contributed by atoms with E-state index in [1.54, 1.807) is 0 Å². The first-order chi connectivity index (χ1) is 13.7. The quantitative estimate of drug-likeness (QED) is 0.524. The van der Waals surface area contributed by atoms with Crippen LogP contribution in [-0.2, 0) is 11.3 Å². The minimum absolute atomic E-state index is 0.297. The SMILES string of the molecule is CCNC(=NCc1ccc2c(c1)OCO2)NCC(CC(C)C)N1CCOCC1. The first-order valence-electron chi connectivity index (χ1n) is 10.4. The second kappa shape index (κ2) is 10.5. The minimum atomic E-state index is 0.297. The molecule has 1 aromatic carbocycles. The van der Waals surface area contributed by atoms with Gasteiger partial charge in [-0.2, -0.15) is 0 Å². The molecule has 156 valence electrons. The van der Waals surface area contributed by atoms with E-state index in [1.165, 1.54) is 0 Å². The van der Waals surface area contributed by atoms with Gasteiger partial charge in [0.05, 0.1) is 19.8 Å². The Kier molecular flexibility index (Phi) is 7.80. The maximum absolute atomic E-state index is 5.52. The second-order valence-electron chi connectivity index (χ2n) is 7.70. The fourth-order valence-corrected chi connectivity index (χ4v) is 3.61. The average Bonchev–Trinajstić information content (AvgIpc) is 3.17. The van der Waals surface area contributed by atoms with E-state index < -0.39 is 0 Å². The molecule has 0 saturated carbocycles. The van der Waals surface area contributed by atoms with Crippen LogP contribution in [0.3, 0.4) is 0 Å². The molecule has 0 radical (unpaired) electrons. The van der Waals surface area contributed by atoms with E-state index in [-0.39, 0.29) is 0 Å². The van der Waals surface area contributed by atoms with Gasteiger partial charge in [-0.05, 0) is 37.0 Å². The molecule has 1 unspecified atom stereocenters. The van der Waals surface area contributed by atoms with Crippen molar-refractivity contribution in [3.63, 3.8) is 0 Å². The van der Waals surface area contributed by atoms with E-state index in [0.717, 1.165) is 68.8 Å². The fraction of sp³-hybridized carbons (Fsp3) is 0.667. The molecule has 1 atom stereocenters. The summed E-state index contributed by atoms with van der Waals surface area (Å²) >= 11 is 0. The van der Waals surface area contributed by atoms with Gasteiger partial charge in [0.25, 0.3) is 0 Å². The number of nitrogens with one attached hydrogen (secondary N) is 2. The topological polar surface area (TPSA) is 67.4 Å². The molecule has 28 heavy (non-hydrogen) atoms. The van der Waals surface area contributed by atoms with Crippen molar-refractivity contribution in [2.75, 3.05) is 46.2 Å². The lowest BCUT2D eigenvalue weighted by Crippen LogP contribution is -2.51. The number of morpholine rings is 1. The van der Waals surface area contributed by atoms with Gasteiger partial charge in [0.2, 0.25) is 6.79 Å². The molecule has 0 amide bonds. The predicted octanol–water partition coefficient (Wildman–Crippen LogP) is 2.22. The lowest BCUT2D eigenvalue weighted by molar-refractivity contribution is 0.0132. The van der Waals surface area contributed by atoms with Crippen LogP contribution in [0.25, 0.3) is 0 Å². The predicted molar refractivity (Wildman–Crippen MR) is 111 cm³/mol. The largest absolute Gasteiger partial charge is 0.454 e. The molecule has 2 N–H and O–H groups in total. The molecule has 1 aromatic rings. The number of ether oxygens (including phenoxy) is 3. The Bertz CT molecular complexity index is 645. The number of benzene rings is 1. The molecule has 0 bridgehead atoms. The third kappa shape index (κ3) is 6.01. The Morgan fingerprint density at radius 1 is 1.14 bits per heavy atom. The Morgan fingerprint density at radius 3 is 2.68 bits per heavy atom. The number of guanidine groups is 1. The van der Waals surface area contributed by atoms with Gasteiger partial charge < -0.3 is 24.8 Å². The highest BCUT2D eigenvalue weighted by Gasteiger charge is 2.22. The highest BCUT2D eigenvalue weighted by atomic mass is 16.7. The molecule has 0 aromatic heterocycles. The van der Waals surface area contributed by atoms with Gasteiger partial charge in [-0.3, -0.25) is 4.90 Å². The van der Waals surface area contributed by atoms with Crippen molar-refractivity contribution in [1.29, 1.82) is 0 Å². The Balaban J connectivity index is 1.59. The van der Waals surface area contributed by atoms with E-state index in [0.29, 0.717) is 25.3 Å². The first-order valence-corrected chi connectivity index (χ1v) is 10.4. The van der Waals surface area contributed by atoms with E-state index in [9.17, 15) is 0 Å². The number of hydrogen-bond donors (Lipinski definition) is 2. The van der Waals surface area contributed by atoms with Crippen molar-refractivity contribution in [2.45, 2.75) is 39.8 Å². The number of aliphatic imine (C=N–C) groups is 1. The summed E-state index contributed by atoms with van der Waals surface area (Å²) in [4.78, 5) is 7.30. The molecule has 3 rings (SSSR count). The standard InChI is InChI=1S/C21H34N4O3/c1-4-22-21(23-13-17-5-6-19-20(12-17)28-15-27-19)24-14-18(11-16(2)3)25-7-9-26-10-8-25/h5-6,12,16,18H,4,7-11,13-15H2,1-3H3,(H2,22,23,24). The highest BCUT2D eigenvalue weighted by molar-refractivity contribution is 5.79. The van der Waals surface area contributed by atoms with Crippen LogP contribution in [0.5, 0.6) is 11.5 Å². The average molecular weight is 391 g/mol. The number of rotatable bonds is 8. The molecule has 1 saturated heterocycles. The molecule has 2 aliphatic heterocycles. The molecule has 7 nitrogen and oxygen atoms in total. The summed E-state index contributed by atoms with van der Waals surface area (Å²) in [5.41, 5.74) is 1.10. The third-order valence-electron chi connectivity index (χ3n) is 5.01. The highest BCUT2D eigenvalue weighted by Crippen LogP contribution is 2.32. The molecular weight excluding hydrogens is 356 g/mol. The van der Waals surface area contributed by atoms with Crippen molar-refractivity contribution in [1.82, 2.24) is 15.5 Å². The summed E-state index contributed by atoms with van der Waals surface area (Å²) in [6.07, 6.45) is 1.16. The van der Waals surface area contributed by atoms with Gasteiger partial charge in [0.15, 0.2) is 17.5 Å². The smallest absolute Gasteiger partial charge is 0.231 e. The maximum atomic E-state index is 5.52. The lowest BCUT2D eigenvalue weighted by atomic mass is 10.0. The van der Waals surface area contributed by atoms with Gasteiger partial charge >= 0.3 is 0 Å². The van der Waals surface area contributed by atoms with E-state index >= 15 is 0 Å². The molecule has 7 heteroatoms. The summed E-state index contributed by atoms with van der Waals surface area (Å²) < 4.78 is 16.4. The van der Waals surface area contributed by atoms with E-state index in [4.69, 9.17) is 19.2 Å². The van der Waals surface area contributed by atoms with Gasteiger partial charge in [-0.25, -0.2) is 4.99 Å². The van der Waals surface area contributed by atoms with Crippen molar-refractivity contribution < 1.29 is 14.2 Å². The molecule has 0 spiro atoms. The minimum Gasteiger partial charge on any atom is -0.454 e. The molecule has 0 aliphatic carbocycles. The number of fused-ring (bicyclic) bond motifs is 1. The zero-order valence-electron chi connectivity index (χ0n) is 17.4. The molecular formula is C21H34N4O3.